The van der Waals surface area contributed by atoms with Gasteiger partial charge in [-0.1, -0.05) is 31.0 Å². The molecule has 0 aliphatic heterocycles. The van der Waals surface area contributed by atoms with Gasteiger partial charge in [0.1, 0.15) is 10.6 Å². The van der Waals surface area contributed by atoms with Gasteiger partial charge in [0.05, 0.1) is 4.92 Å². The molecule has 1 aromatic carbocycles. The van der Waals surface area contributed by atoms with Crippen molar-refractivity contribution < 1.29 is 9.72 Å². The fourth-order valence-corrected chi connectivity index (χ4v) is 2.44. The van der Waals surface area contributed by atoms with Gasteiger partial charge < -0.3 is 4.90 Å². The molecule has 2 rings (SSSR count). The minimum Gasteiger partial charge on any atom is -0.335 e. The number of nitro groups is 1. The molecule has 0 bridgehead atoms. The Morgan fingerprint density at radius 2 is 2.20 bits per heavy atom. The molecule has 6 heteroatoms. The average Bonchev–Trinajstić information content (AvgIpc) is 3.22. The van der Waals surface area contributed by atoms with Gasteiger partial charge in [-0.05, 0) is 31.4 Å². The van der Waals surface area contributed by atoms with Crippen molar-refractivity contribution in [3.05, 3.63) is 38.9 Å². The largest absolute Gasteiger partial charge is 0.335 e. The van der Waals surface area contributed by atoms with Crippen LogP contribution >= 0.6 is 11.6 Å². The van der Waals surface area contributed by atoms with Crippen LogP contribution in [0.5, 0.6) is 0 Å². The van der Waals surface area contributed by atoms with E-state index in [1.165, 1.54) is 12.1 Å². The van der Waals surface area contributed by atoms with Crippen LogP contribution in [0.15, 0.2) is 18.2 Å². The maximum Gasteiger partial charge on any atom is 0.300 e. The quantitative estimate of drug-likeness (QED) is 0.594. The number of nitro benzene ring substituents is 1. The topological polar surface area (TPSA) is 63.5 Å². The molecular formula is C14H17ClN2O3. The van der Waals surface area contributed by atoms with Crippen LogP contribution in [0.2, 0.25) is 5.02 Å². The Morgan fingerprint density at radius 1 is 1.50 bits per heavy atom. The van der Waals surface area contributed by atoms with Gasteiger partial charge in [0.15, 0.2) is 0 Å². The Morgan fingerprint density at radius 3 is 2.75 bits per heavy atom. The summed E-state index contributed by atoms with van der Waals surface area (Å²) < 4.78 is 0. The fourth-order valence-electron chi connectivity index (χ4n) is 2.19. The van der Waals surface area contributed by atoms with E-state index in [-0.39, 0.29) is 28.2 Å². The number of nitrogens with zero attached hydrogens (tertiary/aromatic N) is 2. The first-order chi connectivity index (χ1) is 9.56. The fraction of sp³-hybridized carbons (Fsp3) is 0.500. The van der Waals surface area contributed by atoms with Gasteiger partial charge in [-0.25, -0.2) is 0 Å². The highest BCUT2D eigenvalue weighted by Crippen LogP contribution is 2.33. The Hall–Kier alpha value is -1.62. The van der Waals surface area contributed by atoms with Crippen LogP contribution in [-0.4, -0.2) is 28.3 Å². The molecule has 0 saturated heterocycles. The molecule has 0 aromatic heterocycles. The molecule has 1 aromatic rings. The number of hydrogen-bond donors (Lipinski definition) is 0. The lowest BCUT2D eigenvalue weighted by Crippen LogP contribution is -2.34. The van der Waals surface area contributed by atoms with Gasteiger partial charge in [-0.2, -0.15) is 0 Å². The van der Waals surface area contributed by atoms with E-state index in [1.54, 1.807) is 11.0 Å². The first-order valence-electron chi connectivity index (χ1n) is 6.80. The highest BCUT2D eigenvalue weighted by Gasteiger charge is 2.35. The SMILES string of the molecule is CCCCN(C(=O)c1cccc(Cl)c1[N+](=O)[O-])C1CC1. The Bertz CT molecular complexity index is 529. The van der Waals surface area contributed by atoms with Crippen LogP contribution in [0.25, 0.3) is 0 Å². The number of carbonyl (C=O) groups excluding carboxylic acids is 1. The van der Waals surface area contributed by atoms with E-state index in [0.717, 1.165) is 25.7 Å². The highest BCUT2D eigenvalue weighted by molar-refractivity contribution is 6.33. The van der Waals surface area contributed by atoms with Crippen molar-refractivity contribution in [2.75, 3.05) is 6.54 Å². The third kappa shape index (κ3) is 3.10. The maximum atomic E-state index is 12.6. The van der Waals surface area contributed by atoms with E-state index in [9.17, 15) is 14.9 Å². The molecular weight excluding hydrogens is 280 g/mol. The number of rotatable bonds is 6. The molecule has 5 nitrogen and oxygen atoms in total. The van der Waals surface area contributed by atoms with E-state index in [2.05, 4.69) is 6.92 Å². The Labute approximate surface area is 122 Å². The molecule has 0 heterocycles. The zero-order chi connectivity index (χ0) is 14.7. The van der Waals surface area contributed by atoms with Crippen molar-refractivity contribution in [3.8, 4) is 0 Å². The van der Waals surface area contributed by atoms with Crippen LogP contribution in [0.1, 0.15) is 43.0 Å². The predicted octanol–water partition coefficient (Wildman–Crippen LogP) is 3.65. The normalized spacial score (nSPS) is 14.1. The van der Waals surface area contributed by atoms with Crippen molar-refractivity contribution in [2.45, 2.75) is 38.6 Å². The summed E-state index contributed by atoms with van der Waals surface area (Å²) in [6.45, 7) is 2.70. The van der Waals surface area contributed by atoms with Gasteiger partial charge in [-0.3, -0.25) is 14.9 Å². The third-order valence-corrected chi connectivity index (χ3v) is 3.71. The summed E-state index contributed by atoms with van der Waals surface area (Å²) in [7, 11) is 0. The molecule has 0 N–H and O–H groups in total. The molecule has 0 unspecified atom stereocenters. The van der Waals surface area contributed by atoms with Crippen LogP contribution in [0, 0.1) is 10.1 Å². The zero-order valence-corrected chi connectivity index (χ0v) is 12.1. The standard InChI is InChI=1S/C14H17ClN2O3/c1-2-3-9-16(10-7-8-10)14(18)11-5-4-6-12(15)13(11)17(19)20/h4-6,10H,2-3,7-9H2,1H3. The minimum atomic E-state index is -0.583. The van der Waals surface area contributed by atoms with E-state index in [1.807, 2.05) is 0 Å². The lowest BCUT2D eigenvalue weighted by molar-refractivity contribution is -0.385. The predicted molar refractivity (Wildman–Crippen MR) is 77.1 cm³/mol. The summed E-state index contributed by atoms with van der Waals surface area (Å²) in [6.07, 6.45) is 3.83. The Balaban J connectivity index is 2.31. The third-order valence-electron chi connectivity index (χ3n) is 3.40. The van der Waals surface area contributed by atoms with Crippen molar-refractivity contribution in [3.63, 3.8) is 0 Å². The number of unbranched alkanes of at least 4 members (excludes halogenated alkanes) is 1. The number of para-hydroxylation sites is 1. The molecule has 1 aliphatic carbocycles. The summed E-state index contributed by atoms with van der Waals surface area (Å²) in [5.74, 6) is -0.282. The zero-order valence-electron chi connectivity index (χ0n) is 11.3. The molecule has 1 saturated carbocycles. The second kappa shape index (κ2) is 6.22. The summed E-state index contributed by atoms with van der Waals surface area (Å²) >= 11 is 5.86. The number of carbonyl (C=O) groups is 1. The molecule has 108 valence electrons. The van der Waals surface area contributed by atoms with Gasteiger partial charge in [0, 0.05) is 12.6 Å². The number of halogens is 1. The molecule has 1 fully saturated rings. The molecule has 1 amide bonds. The molecule has 1 aliphatic rings. The number of benzene rings is 1. The van der Waals surface area contributed by atoms with E-state index in [4.69, 9.17) is 11.6 Å². The van der Waals surface area contributed by atoms with E-state index < -0.39 is 4.92 Å². The van der Waals surface area contributed by atoms with Crippen molar-refractivity contribution in [1.82, 2.24) is 4.90 Å². The maximum absolute atomic E-state index is 12.6. The van der Waals surface area contributed by atoms with Crippen molar-refractivity contribution in [2.24, 2.45) is 0 Å². The van der Waals surface area contributed by atoms with E-state index in [0.29, 0.717) is 6.54 Å². The minimum absolute atomic E-state index is 0.00656. The van der Waals surface area contributed by atoms with Gasteiger partial charge >= 0.3 is 5.69 Å². The molecule has 0 radical (unpaired) electrons. The summed E-state index contributed by atoms with van der Waals surface area (Å²) in [4.78, 5) is 24.9. The smallest absolute Gasteiger partial charge is 0.300 e. The molecule has 0 atom stereocenters. The van der Waals surface area contributed by atoms with Crippen LogP contribution in [0.3, 0.4) is 0 Å². The van der Waals surface area contributed by atoms with Crippen LogP contribution in [0.4, 0.5) is 5.69 Å². The van der Waals surface area contributed by atoms with Crippen molar-refractivity contribution in [1.29, 1.82) is 0 Å². The second-order valence-corrected chi connectivity index (χ2v) is 5.38. The van der Waals surface area contributed by atoms with Crippen LogP contribution < -0.4 is 0 Å². The van der Waals surface area contributed by atoms with Gasteiger partial charge in [0.25, 0.3) is 5.91 Å². The first-order valence-corrected chi connectivity index (χ1v) is 7.18. The number of hydrogen-bond acceptors (Lipinski definition) is 3. The molecule has 20 heavy (non-hydrogen) atoms. The number of amides is 1. The molecule has 0 spiro atoms. The lowest BCUT2D eigenvalue weighted by Gasteiger charge is -2.22. The summed E-state index contributed by atoms with van der Waals surface area (Å²) in [6, 6.07) is 4.72. The summed E-state index contributed by atoms with van der Waals surface area (Å²) in [5, 5.41) is 11.1. The Kier molecular flexibility index (Phi) is 4.60. The van der Waals surface area contributed by atoms with Crippen molar-refractivity contribution >= 4 is 23.2 Å². The monoisotopic (exact) mass is 296 g/mol. The van der Waals surface area contributed by atoms with E-state index >= 15 is 0 Å². The first kappa shape index (κ1) is 14.8. The average molecular weight is 297 g/mol. The van der Waals surface area contributed by atoms with Gasteiger partial charge in [-0.15, -0.1) is 0 Å². The second-order valence-electron chi connectivity index (χ2n) is 4.98. The highest BCUT2D eigenvalue weighted by atomic mass is 35.5. The lowest BCUT2D eigenvalue weighted by atomic mass is 10.1. The summed E-state index contributed by atoms with van der Waals surface area (Å²) in [5.41, 5.74) is -0.202. The van der Waals surface area contributed by atoms with Crippen LogP contribution in [-0.2, 0) is 0 Å². The van der Waals surface area contributed by atoms with Gasteiger partial charge in [0.2, 0.25) is 0 Å².